The molecule has 0 aliphatic carbocycles. The number of benzene rings is 1. The fourth-order valence-corrected chi connectivity index (χ4v) is 2.69. The fourth-order valence-electron chi connectivity index (χ4n) is 1.83. The van der Waals surface area contributed by atoms with Crippen molar-refractivity contribution in [2.75, 3.05) is 26.2 Å². The molecule has 0 saturated heterocycles. The van der Waals surface area contributed by atoms with Crippen molar-refractivity contribution in [3.63, 3.8) is 0 Å². The summed E-state index contributed by atoms with van der Waals surface area (Å²) in [6.07, 6.45) is 2.48. The summed E-state index contributed by atoms with van der Waals surface area (Å²) >= 11 is 0. The van der Waals surface area contributed by atoms with Gasteiger partial charge in [-0.1, -0.05) is 5.16 Å². The first-order chi connectivity index (χ1) is 9.38. The quantitative estimate of drug-likeness (QED) is 0.908. The molecule has 0 unspecified atom stereocenters. The molecular formula is C12H14N2O5S. The largest absolute Gasteiger partial charge is 0.497 e. The van der Waals surface area contributed by atoms with Gasteiger partial charge in [-0.25, -0.2) is 8.42 Å². The lowest BCUT2D eigenvalue weighted by Crippen LogP contribution is -2.03. The molecule has 0 bridgehead atoms. The Bertz CT molecular complexity index is 736. The molecule has 20 heavy (non-hydrogen) atoms. The lowest BCUT2D eigenvalue weighted by Gasteiger charge is -2.13. The van der Waals surface area contributed by atoms with Crippen LogP contribution in [-0.2, 0) is 9.84 Å². The molecule has 0 amide bonds. The lowest BCUT2D eigenvalue weighted by molar-refractivity contribution is 0.394. The molecule has 2 rings (SSSR count). The van der Waals surface area contributed by atoms with E-state index < -0.39 is 9.84 Å². The van der Waals surface area contributed by atoms with Gasteiger partial charge < -0.3 is 19.7 Å². The number of nitrogens with two attached hydrogens (primary N) is 1. The van der Waals surface area contributed by atoms with Crippen LogP contribution in [0.1, 0.15) is 0 Å². The molecule has 0 fully saturated rings. The first-order valence-corrected chi connectivity index (χ1v) is 7.44. The van der Waals surface area contributed by atoms with E-state index in [1.807, 2.05) is 0 Å². The number of aromatic nitrogens is 1. The fraction of sp³-hybridized carbons (Fsp3) is 0.250. The molecular weight excluding hydrogens is 284 g/mol. The van der Waals surface area contributed by atoms with Crippen molar-refractivity contribution in [1.82, 2.24) is 5.16 Å². The van der Waals surface area contributed by atoms with Gasteiger partial charge in [-0.15, -0.1) is 0 Å². The van der Waals surface area contributed by atoms with Crippen LogP contribution in [0.25, 0.3) is 11.1 Å². The molecule has 1 aromatic heterocycles. The van der Waals surface area contributed by atoms with Gasteiger partial charge in [-0.2, -0.15) is 0 Å². The molecule has 8 heteroatoms. The molecule has 0 radical (unpaired) electrons. The van der Waals surface area contributed by atoms with E-state index in [-0.39, 0.29) is 16.5 Å². The maximum absolute atomic E-state index is 11.9. The maximum atomic E-state index is 11.9. The van der Waals surface area contributed by atoms with Crippen LogP contribution >= 0.6 is 0 Å². The van der Waals surface area contributed by atoms with E-state index in [4.69, 9.17) is 19.7 Å². The zero-order valence-electron chi connectivity index (χ0n) is 11.2. The molecule has 1 aromatic carbocycles. The Labute approximate surface area is 116 Å². The van der Waals surface area contributed by atoms with Gasteiger partial charge in [-0.05, 0) is 6.07 Å². The van der Waals surface area contributed by atoms with Crippen molar-refractivity contribution in [3.8, 4) is 22.6 Å². The van der Waals surface area contributed by atoms with Gasteiger partial charge in [0.25, 0.3) is 0 Å². The van der Waals surface area contributed by atoms with Gasteiger partial charge >= 0.3 is 0 Å². The average Bonchev–Trinajstić information content (AvgIpc) is 2.82. The second kappa shape index (κ2) is 5.04. The van der Waals surface area contributed by atoms with Crippen LogP contribution in [0.2, 0.25) is 0 Å². The van der Waals surface area contributed by atoms with Crippen molar-refractivity contribution in [3.05, 3.63) is 18.3 Å². The van der Waals surface area contributed by atoms with Gasteiger partial charge in [0, 0.05) is 17.9 Å². The summed E-state index contributed by atoms with van der Waals surface area (Å²) in [5.41, 5.74) is 6.54. The molecule has 1 heterocycles. The Morgan fingerprint density at radius 3 is 2.35 bits per heavy atom. The molecule has 0 aliphatic heterocycles. The Morgan fingerprint density at radius 2 is 1.90 bits per heavy atom. The van der Waals surface area contributed by atoms with Gasteiger partial charge in [-0.3, -0.25) is 0 Å². The third-order valence-corrected chi connectivity index (χ3v) is 3.86. The van der Waals surface area contributed by atoms with Crippen molar-refractivity contribution in [2.45, 2.75) is 4.90 Å². The van der Waals surface area contributed by atoms with E-state index >= 15 is 0 Å². The van der Waals surface area contributed by atoms with Crippen LogP contribution in [-0.4, -0.2) is 34.0 Å². The van der Waals surface area contributed by atoms with Crippen molar-refractivity contribution >= 4 is 15.7 Å². The summed E-state index contributed by atoms with van der Waals surface area (Å²) in [6, 6.07) is 3.00. The highest BCUT2D eigenvalue weighted by molar-refractivity contribution is 7.90. The Balaban J connectivity index is 2.83. The second-order valence-electron chi connectivity index (χ2n) is 4.08. The predicted molar refractivity (Wildman–Crippen MR) is 72.6 cm³/mol. The zero-order valence-corrected chi connectivity index (χ0v) is 12.0. The summed E-state index contributed by atoms with van der Waals surface area (Å²) in [6.45, 7) is 0. The minimum absolute atomic E-state index is 0.00921. The number of nitrogen functional groups attached to an aromatic ring is 1. The summed E-state index contributed by atoms with van der Waals surface area (Å²) in [4.78, 5) is 0.00921. The number of nitrogens with zero attached hydrogens (tertiary/aromatic N) is 1. The van der Waals surface area contributed by atoms with Crippen LogP contribution in [0.4, 0.5) is 5.88 Å². The number of rotatable bonds is 4. The standard InChI is InChI=1S/C12H14N2O5S/c1-17-7-4-8(9-6-14-19-12(9)13)11(18-2)10(5-7)20(3,15)16/h4-6H,13H2,1-3H3. The molecule has 0 spiro atoms. The smallest absolute Gasteiger partial charge is 0.230 e. The third-order valence-electron chi connectivity index (χ3n) is 2.76. The van der Waals surface area contributed by atoms with Crippen LogP contribution < -0.4 is 15.2 Å². The van der Waals surface area contributed by atoms with E-state index in [0.29, 0.717) is 16.9 Å². The average molecular weight is 298 g/mol. The lowest BCUT2D eigenvalue weighted by atomic mass is 10.1. The van der Waals surface area contributed by atoms with E-state index in [9.17, 15) is 8.42 Å². The first kappa shape index (κ1) is 14.2. The highest BCUT2D eigenvalue weighted by atomic mass is 32.2. The number of methoxy groups -OCH3 is 2. The van der Waals surface area contributed by atoms with Crippen molar-refractivity contribution < 1.29 is 22.4 Å². The van der Waals surface area contributed by atoms with E-state index in [1.165, 1.54) is 26.5 Å². The Morgan fingerprint density at radius 1 is 1.20 bits per heavy atom. The van der Waals surface area contributed by atoms with Crippen LogP contribution in [0.3, 0.4) is 0 Å². The number of hydrogen-bond acceptors (Lipinski definition) is 7. The van der Waals surface area contributed by atoms with Crippen molar-refractivity contribution in [2.24, 2.45) is 0 Å². The molecule has 2 N–H and O–H groups in total. The van der Waals surface area contributed by atoms with Gasteiger partial charge in [0.15, 0.2) is 9.84 Å². The summed E-state index contributed by atoms with van der Waals surface area (Å²) in [7, 11) is -0.684. The molecule has 0 atom stereocenters. The number of anilines is 1. The highest BCUT2D eigenvalue weighted by Gasteiger charge is 2.23. The molecule has 108 valence electrons. The predicted octanol–water partition coefficient (Wildman–Crippen LogP) is 1.34. The maximum Gasteiger partial charge on any atom is 0.230 e. The van der Waals surface area contributed by atoms with Gasteiger partial charge in [0.05, 0.1) is 26.0 Å². The molecule has 0 aliphatic rings. The zero-order chi connectivity index (χ0) is 14.9. The summed E-state index contributed by atoms with van der Waals surface area (Å²) in [5, 5.41) is 3.58. The van der Waals surface area contributed by atoms with Crippen molar-refractivity contribution in [1.29, 1.82) is 0 Å². The first-order valence-electron chi connectivity index (χ1n) is 5.55. The van der Waals surface area contributed by atoms with Gasteiger partial charge in [0.1, 0.15) is 16.4 Å². The normalized spacial score (nSPS) is 11.3. The van der Waals surface area contributed by atoms with E-state index in [0.717, 1.165) is 6.26 Å². The third kappa shape index (κ3) is 2.42. The number of sulfone groups is 1. The highest BCUT2D eigenvalue weighted by Crippen LogP contribution is 2.41. The Hall–Kier alpha value is -2.22. The monoisotopic (exact) mass is 298 g/mol. The SMILES string of the molecule is COc1cc(-c2cnoc2N)c(OC)c(S(C)(=O)=O)c1. The minimum atomic E-state index is -3.50. The molecule has 0 saturated carbocycles. The second-order valence-corrected chi connectivity index (χ2v) is 6.07. The molecule has 7 nitrogen and oxygen atoms in total. The van der Waals surface area contributed by atoms with E-state index in [2.05, 4.69) is 5.16 Å². The number of ether oxygens (including phenoxy) is 2. The minimum Gasteiger partial charge on any atom is -0.497 e. The molecule has 2 aromatic rings. The van der Waals surface area contributed by atoms with Crippen LogP contribution in [0, 0.1) is 0 Å². The summed E-state index contributed by atoms with van der Waals surface area (Å²) in [5.74, 6) is 0.598. The van der Waals surface area contributed by atoms with Crippen LogP contribution in [0.5, 0.6) is 11.5 Å². The Kier molecular flexibility index (Phi) is 3.58. The van der Waals surface area contributed by atoms with Gasteiger partial charge in [0.2, 0.25) is 5.88 Å². The van der Waals surface area contributed by atoms with Crippen LogP contribution in [0.15, 0.2) is 27.7 Å². The topological polar surface area (TPSA) is 105 Å². The number of hydrogen-bond donors (Lipinski definition) is 1. The summed E-state index contributed by atoms with van der Waals surface area (Å²) < 4.78 is 38.9. The van der Waals surface area contributed by atoms with E-state index in [1.54, 1.807) is 6.07 Å².